The first-order chi connectivity index (χ1) is 12.5. The highest BCUT2D eigenvalue weighted by atomic mass is 16.5. The third-order valence-corrected chi connectivity index (χ3v) is 3.95. The van der Waals surface area contributed by atoms with Gasteiger partial charge in [0, 0.05) is 0 Å². The maximum absolute atomic E-state index is 11.9. The van der Waals surface area contributed by atoms with E-state index in [-0.39, 0.29) is 31.6 Å². The molecule has 1 atom stereocenters. The SMILES string of the molecule is Cc1ccc(C)c(OCCC(=O)OCC(=O)NC(C)c2ccccc2)c1. The quantitative estimate of drug-likeness (QED) is 0.736. The first-order valence-electron chi connectivity index (χ1n) is 8.65. The molecule has 5 heteroatoms. The Hall–Kier alpha value is -2.82. The van der Waals surface area contributed by atoms with Crippen LogP contribution in [0.1, 0.15) is 36.1 Å². The minimum absolute atomic E-state index is 0.0922. The summed E-state index contributed by atoms with van der Waals surface area (Å²) in [7, 11) is 0. The fourth-order valence-corrected chi connectivity index (χ4v) is 2.43. The van der Waals surface area contributed by atoms with Gasteiger partial charge >= 0.3 is 5.97 Å². The molecule has 0 aliphatic rings. The van der Waals surface area contributed by atoms with Crippen LogP contribution in [-0.2, 0) is 14.3 Å². The van der Waals surface area contributed by atoms with Crippen LogP contribution >= 0.6 is 0 Å². The molecule has 5 nitrogen and oxygen atoms in total. The van der Waals surface area contributed by atoms with Crippen molar-refractivity contribution in [3.8, 4) is 5.75 Å². The molecule has 0 radical (unpaired) electrons. The van der Waals surface area contributed by atoms with E-state index in [1.807, 2.05) is 69.3 Å². The van der Waals surface area contributed by atoms with Crippen molar-refractivity contribution in [3.63, 3.8) is 0 Å². The minimum atomic E-state index is -0.460. The molecule has 26 heavy (non-hydrogen) atoms. The molecule has 0 aromatic heterocycles. The van der Waals surface area contributed by atoms with E-state index in [9.17, 15) is 9.59 Å². The van der Waals surface area contributed by atoms with E-state index >= 15 is 0 Å². The van der Waals surface area contributed by atoms with Gasteiger partial charge in [-0.15, -0.1) is 0 Å². The summed E-state index contributed by atoms with van der Waals surface area (Å²) in [4.78, 5) is 23.7. The Morgan fingerprint density at radius 3 is 2.54 bits per heavy atom. The lowest BCUT2D eigenvalue weighted by atomic mass is 10.1. The number of carbonyl (C=O) groups excluding carboxylic acids is 2. The number of ether oxygens (including phenoxy) is 2. The third kappa shape index (κ3) is 6.24. The molecule has 1 N–H and O–H groups in total. The van der Waals surface area contributed by atoms with Crippen LogP contribution in [-0.4, -0.2) is 25.1 Å². The van der Waals surface area contributed by atoms with Gasteiger partial charge in [-0.05, 0) is 43.5 Å². The van der Waals surface area contributed by atoms with Crippen LogP contribution in [0.5, 0.6) is 5.75 Å². The van der Waals surface area contributed by atoms with Crippen molar-refractivity contribution in [1.82, 2.24) is 5.32 Å². The summed E-state index contributed by atoms with van der Waals surface area (Å²) in [5, 5.41) is 2.80. The van der Waals surface area contributed by atoms with Crippen LogP contribution in [0.4, 0.5) is 0 Å². The zero-order valence-electron chi connectivity index (χ0n) is 15.5. The molecule has 2 aromatic rings. The lowest BCUT2D eigenvalue weighted by Gasteiger charge is -2.14. The summed E-state index contributed by atoms with van der Waals surface area (Å²) in [5.41, 5.74) is 3.10. The monoisotopic (exact) mass is 355 g/mol. The summed E-state index contributed by atoms with van der Waals surface area (Å²) >= 11 is 0. The van der Waals surface area contributed by atoms with Crippen LogP contribution in [0.25, 0.3) is 0 Å². The van der Waals surface area contributed by atoms with Crippen molar-refractivity contribution in [2.45, 2.75) is 33.2 Å². The number of carbonyl (C=O) groups is 2. The van der Waals surface area contributed by atoms with Crippen LogP contribution in [0.3, 0.4) is 0 Å². The van der Waals surface area contributed by atoms with E-state index in [0.717, 1.165) is 22.4 Å². The molecule has 0 aliphatic carbocycles. The van der Waals surface area contributed by atoms with Gasteiger partial charge < -0.3 is 14.8 Å². The number of benzene rings is 2. The highest BCUT2D eigenvalue weighted by Crippen LogP contribution is 2.19. The number of nitrogens with one attached hydrogen (secondary N) is 1. The highest BCUT2D eigenvalue weighted by molar-refractivity contribution is 5.80. The van der Waals surface area contributed by atoms with Crippen LogP contribution in [0.2, 0.25) is 0 Å². The van der Waals surface area contributed by atoms with Crippen LogP contribution in [0.15, 0.2) is 48.5 Å². The Balaban J connectivity index is 1.68. The average molecular weight is 355 g/mol. The van der Waals surface area contributed by atoms with Gasteiger partial charge in [-0.25, -0.2) is 0 Å². The molecule has 2 aromatic carbocycles. The van der Waals surface area contributed by atoms with Gasteiger partial charge in [-0.2, -0.15) is 0 Å². The molecule has 0 fully saturated rings. The van der Waals surface area contributed by atoms with Crippen molar-refractivity contribution >= 4 is 11.9 Å². The van der Waals surface area contributed by atoms with E-state index < -0.39 is 5.97 Å². The first-order valence-corrected chi connectivity index (χ1v) is 8.65. The minimum Gasteiger partial charge on any atom is -0.493 e. The second-order valence-electron chi connectivity index (χ2n) is 6.23. The second kappa shape index (κ2) is 9.61. The van der Waals surface area contributed by atoms with Gasteiger partial charge in [0.25, 0.3) is 5.91 Å². The van der Waals surface area contributed by atoms with Crippen molar-refractivity contribution in [3.05, 3.63) is 65.2 Å². The van der Waals surface area contributed by atoms with E-state index in [1.54, 1.807) is 0 Å². The molecule has 1 amide bonds. The summed E-state index contributed by atoms with van der Waals surface area (Å²) in [6, 6.07) is 15.4. The predicted octanol–water partition coefficient (Wildman–Crippen LogP) is 3.49. The normalized spacial score (nSPS) is 11.5. The maximum atomic E-state index is 11.9. The van der Waals surface area contributed by atoms with E-state index in [1.165, 1.54) is 0 Å². The zero-order chi connectivity index (χ0) is 18.9. The first kappa shape index (κ1) is 19.5. The molecule has 2 rings (SSSR count). The van der Waals surface area contributed by atoms with Crippen LogP contribution in [0, 0.1) is 13.8 Å². The Morgan fingerprint density at radius 1 is 1.08 bits per heavy atom. The topological polar surface area (TPSA) is 64.6 Å². The molecule has 138 valence electrons. The Morgan fingerprint density at radius 2 is 1.81 bits per heavy atom. The van der Waals surface area contributed by atoms with Gasteiger partial charge in [-0.1, -0.05) is 42.5 Å². The lowest BCUT2D eigenvalue weighted by molar-refractivity contribution is -0.149. The average Bonchev–Trinajstić information content (AvgIpc) is 2.63. The summed E-state index contributed by atoms with van der Waals surface area (Å²) in [6.07, 6.45) is 0.0922. The number of esters is 1. The number of hydrogen-bond donors (Lipinski definition) is 1. The molecular formula is C21H25NO4. The lowest BCUT2D eigenvalue weighted by Crippen LogP contribution is -2.31. The molecule has 0 saturated heterocycles. The number of aryl methyl sites for hydroxylation is 2. The second-order valence-corrected chi connectivity index (χ2v) is 6.23. The predicted molar refractivity (Wildman–Crippen MR) is 100.0 cm³/mol. The number of rotatable bonds is 8. The van der Waals surface area contributed by atoms with Gasteiger partial charge in [0.1, 0.15) is 5.75 Å². The van der Waals surface area contributed by atoms with E-state index in [2.05, 4.69) is 5.32 Å². The summed E-state index contributed by atoms with van der Waals surface area (Å²) < 4.78 is 10.6. The largest absolute Gasteiger partial charge is 0.493 e. The molecule has 0 bridgehead atoms. The maximum Gasteiger partial charge on any atom is 0.309 e. The molecule has 0 aliphatic heterocycles. The summed E-state index contributed by atoms with van der Waals surface area (Å²) in [6.45, 7) is 5.73. The molecule has 0 saturated carbocycles. The standard InChI is InChI=1S/C21H25NO4/c1-15-9-10-16(2)19(13-15)25-12-11-21(24)26-14-20(23)22-17(3)18-7-5-4-6-8-18/h4-10,13,17H,11-12,14H2,1-3H3,(H,22,23). The fourth-order valence-electron chi connectivity index (χ4n) is 2.43. The van der Waals surface area contributed by atoms with Crippen molar-refractivity contribution in [2.75, 3.05) is 13.2 Å². The Bertz CT molecular complexity index is 743. The van der Waals surface area contributed by atoms with Crippen molar-refractivity contribution < 1.29 is 19.1 Å². The van der Waals surface area contributed by atoms with E-state index in [0.29, 0.717) is 0 Å². The number of amides is 1. The molecular weight excluding hydrogens is 330 g/mol. The molecule has 0 spiro atoms. The Kier molecular flexibility index (Phi) is 7.21. The van der Waals surface area contributed by atoms with E-state index in [4.69, 9.17) is 9.47 Å². The zero-order valence-corrected chi connectivity index (χ0v) is 15.5. The van der Waals surface area contributed by atoms with Gasteiger partial charge in [0.15, 0.2) is 6.61 Å². The smallest absolute Gasteiger partial charge is 0.309 e. The van der Waals surface area contributed by atoms with Crippen molar-refractivity contribution in [2.24, 2.45) is 0 Å². The molecule has 0 heterocycles. The summed E-state index contributed by atoms with van der Waals surface area (Å²) in [5.74, 6) is -0.0322. The Labute approximate surface area is 154 Å². The van der Waals surface area contributed by atoms with Gasteiger partial charge in [-0.3, -0.25) is 9.59 Å². The third-order valence-electron chi connectivity index (χ3n) is 3.95. The van der Waals surface area contributed by atoms with Crippen molar-refractivity contribution in [1.29, 1.82) is 0 Å². The highest BCUT2D eigenvalue weighted by Gasteiger charge is 2.12. The number of hydrogen-bond acceptors (Lipinski definition) is 4. The van der Waals surface area contributed by atoms with Gasteiger partial charge in [0.2, 0.25) is 0 Å². The molecule has 1 unspecified atom stereocenters. The van der Waals surface area contributed by atoms with Crippen LogP contribution < -0.4 is 10.1 Å². The van der Waals surface area contributed by atoms with Gasteiger partial charge in [0.05, 0.1) is 19.1 Å². The fraction of sp³-hybridized carbons (Fsp3) is 0.333.